The molecule has 1 spiro atoms. The number of hydrogen-bond acceptors (Lipinski definition) is 8. The van der Waals surface area contributed by atoms with Crippen LogP contribution < -0.4 is 10.2 Å². The number of nitrogens with zero attached hydrogens (tertiary/aromatic N) is 5. The first kappa shape index (κ1) is 24.3. The van der Waals surface area contributed by atoms with Gasteiger partial charge >= 0.3 is 6.09 Å². The van der Waals surface area contributed by atoms with Gasteiger partial charge in [0.2, 0.25) is 0 Å². The Hall–Kier alpha value is -3.45. The molecule has 1 aromatic heterocycles. The number of anilines is 1. The monoisotopic (exact) mass is 492 g/mol. The lowest BCUT2D eigenvalue weighted by molar-refractivity contribution is -0.147. The summed E-state index contributed by atoms with van der Waals surface area (Å²) in [5.41, 5.74) is 1.82. The highest BCUT2D eigenvalue weighted by molar-refractivity contribution is 5.92. The van der Waals surface area contributed by atoms with Crippen LogP contribution in [0.1, 0.15) is 46.1 Å². The lowest BCUT2D eigenvalue weighted by Gasteiger charge is -2.39. The molecular weight excluding hydrogens is 460 g/mol. The SMILES string of the molecule is C[C@@H]1CN(c2ccc(C#N)c3nccnc23)C[C@H](C(=O)N2C[C@@H](NC(=O)OC(C)(C)C)C3(CC3)C2)O1. The largest absolute Gasteiger partial charge is 0.444 e. The van der Waals surface area contributed by atoms with E-state index in [0.717, 1.165) is 18.5 Å². The van der Waals surface area contributed by atoms with Gasteiger partial charge in [0.15, 0.2) is 6.10 Å². The van der Waals surface area contributed by atoms with Crippen LogP contribution >= 0.6 is 0 Å². The fraction of sp³-hybridized carbons (Fsp3) is 0.577. The molecule has 10 nitrogen and oxygen atoms in total. The first-order valence-electron chi connectivity index (χ1n) is 12.4. The van der Waals surface area contributed by atoms with Crippen molar-refractivity contribution in [3.8, 4) is 6.07 Å². The second-order valence-electron chi connectivity index (χ2n) is 11.1. The number of benzene rings is 1. The minimum atomic E-state index is -0.646. The van der Waals surface area contributed by atoms with Gasteiger partial charge in [-0.05, 0) is 52.7 Å². The number of hydrogen-bond donors (Lipinski definition) is 1. The summed E-state index contributed by atoms with van der Waals surface area (Å²) in [4.78, 5) is 38.8. The van der Waals surface area contributed by atoms with Crippen LogP contribution in [0.15, 0.2) is 24.5 Å². The standard InChI is InChI=1S/C26H32N6O4/c1-16-12-31(18-6-5-17(11-27)21-22(18)29-10-9-28-21)13-19(35-16)23(33)32-14-20(26(15-32)7-8-26)30-24(34)36-25(2,3)4/h5-6,9-10,16,19-20H,7-8,12-15H2,1-4H3,(H,30,34)/t16-,19-,20-/m1/s1. The first-order chi connectivity index (χ1) is 17.1. The zero-order valence-corrected chi connectivity index (χ0v) is 21.2. The number of morpholine rings is 1. The van der Waals surface area contributed by atoms with Crippen LogP contribution in [0.3, 0.4) is 0 Å². The lowest BCUT2D eigenvalue weighted by atomic mass is 10.0. The third-order valence-electron chi connectivity index (χ3n) is 7.14. The molecule has 0 radical (unpaired) electrons. The molecule has 0 unspecified atom stereocenters. The van der Waals surface area contributed by atoms with Gasteiger partial charge in [0, 0.05) is 37.4 Å². The molecule has 2 aromatic rings. The topological polar surface area (TPSA) is 121 Å². The fourth-order valence-electron chi connectivity index (χ4n) is 5.33. The summed E-state index contributed by atoms with van der Waals surface area (Å²) in [6, 6.07) is 5.65. The predicted molar refractivity (Wildman–Crippen MR) is 132 cm³/mol. The summed E-state index contributed by atoms with van der Waals surface area (Å²) in [7, 11) is 0. The molecule has 190 valence electrons. The smallest absolute Gasteiger partial charge is 0.407 e. The Morgan fingerprint density at radius 2 is 1.89 bits per heavy atom. The number of nitrogens with one attached hydrogen (secondary N) is 1. The van der Waals surface area contributed by atoms with Gasteiger partial charge in [0.25, 0.3) is 5.91 Å². The van der Waals surface area contributed by atoms with Crippen molar-refractivity contribution in [3.05, 3.63) is 30.1 Å². The number of fused-ring (bicyclic) bond motifs is 1. The predicted octanol–water partition coefficient (Wildman–Crippen LogP) is 2.61. The van der Waals surface area contributed by atoms with E-state index in [0.29, 0.717) is 42.8 Å². The number of likely N-dealkylation sites (tertiary alicyclic amines) is 1. The van der Waals surface area contributed by atoms with Gasteiger partial charge in [0.05, 0.1) is 29.9 Å². The highest BCUT2D eigenvalue weighted by Crippen LogP contribution is 2.53. The van der Waals surface area contributed by atoms with E-state index in [2.05, 4.69) is 26.3 Å². The second-order valence-corrected chi connectivity index (χ2v) is 11.1. The van der Waals surface area contributed by atoms with E-state index < -0.39 is 17.8 Å². The van der Waals surface area contributed by atoms with Gasteiger partial charge in [0.1, 0.15) is 22.7 Å². The van der Waals surface area contributed by atoms with Gasteiger partial charge in [-0.15, -0.1) is 0 Å². The maximum Gasteiger partial charge on any atom is 0.407 e. The Balaban J connectivity index is 1.32. The van der Waals surface area contributed by atoms with Gasteiger partial charge in [-0.25, -0.2) is 4.79 Å². The molecule has 3 fully saturated rings. The number of alkyl carbamates (subject to hydrolysis) is 1. The Kier molecular flexibility index (Phi) is 5.99. The van der Waals surface area contributed by atoms with Crippen molar-refractivity contribution in [2.75, 3.05) is 31.1 Å². The van der Waals surface area contributed by atoms with Crippen molar-refractivity contribution in [2.24, 2.45) is 5.41 Å². The average molecular weight is 493 g/mol. The van der Waals surface area contributed by atoms with Gasteiger partial charge in [-0.1, -0.05) is 0 Å². The number of amides is 2. The summed E-state index contributed by atoms with van der Waals surface area (Å²) in [5, 5.41) is 12.5. The zero-order valence-electron chi connectivity index (χ0n) is 21.2. The summed E-state index contributed by atoms with van der Waals surface area (Å²) in [6.07, 6.45) is 3.86. The third-order valence-corrected chi connectivity index (χ3v) is 7.14. The normalized spacial score (nSPS) is 25.0. The maximum absolute atomic E-state index is 13.6. The van der Waals surface area contributed by atoms with Crippen LogP contribution in [0.4, 0.5) is 10.5 Å². The molecule has 5 rings (SSSR count). The number of nitriles is 1. The molecule has 36 heavy (non-hydrogen) atoms. The number of aromatic nitrogens is 2. The lowest BCUT2D eigenvalue weighted by Crippen LogP contribution is -2.53. The number of carbonyl (C=O) groups excluding carboxylic acids is 2. The Bertz CT molecular complexity index is 1230. The van der Waals surface area contributed by atoms with Crippen molar-refractivity contribution in [1.29, 1.82) is 5.26 Å². The summed E-state index contributed by atoms with van der Waals surface area (Å²) in [5.74, 6) is -0.0738. The van der Waals surface area contributed by atoms with Crippen molar-refractivity contribution in [1.82, 2.24) is 20.2 Å². The molecule has 0 bridgehead atoms. The van der Waals surface area contributed by atoms with Crippen molar-refractivity contribution in [3.63, 3.8) is 0 Å². The van der Waals surface area contributed by atoms with Gasteiger partial charge < -0.3 is 24.6 Å². The number of carbonyl (C=O) groups is 2. The molecule has 1 saturated carbocycles. The van der Waals surface area contributed by atoms with Gasteiger partial charge in [-0.2, -0.15) is 5.26 Å². The molecule has 2 saturated heterocycles. The summed E-state index contributed by atoms with van der Waals surface area (Å²) < 4.78 is 11.6. The molecule has 1 aliphatic carbocycles. The molecule has 2 aliphatic heterocycles. The third kappa shape index (κ3) is 4.67. The Labute approximate surface area is 210 Å². The molecule has 3 atom stereocenters. The molecule has 3 heterocycles. The molecular formula is C26H32N6O4. The van der Waals surface area contributed by atoms with E-state index in [1.165, 1.54) is 0 Å². The second kappa shape index (κ2) is 8.89. The molecule has 10 heteroatoms. The van der Waals surface area contributed by atoms with Crippen LogP contribution in [-0.2, 0) is 14.3 Å². The van der Waals surface area contributed by atoms with Crippen molar-refractivity contribution in [2.45, 2.75) is 64.4 Å². The van der Waals surface area contributed by atoms with Crippen LogP contribution in [0.25, 0.3) is 11.0 Å². The van der Waals surface area contributed by atoms with E-state index >= 15 is 0 Å². The fourth-order valence-corrected chi connectivity index (χ4v) is 5.33. The molecule has 1 aromatic carbocycles. The maximum atomic E-state index is 13.6. The van der Waals surface area contributed by atoms with Crippen LogP contribution in [-0.4, -0.2) is 76.9 Å². The molecule has 1 N–H and O–H groups in total. The molecule has 2 amide bonds. The highest BCUT2D eigenvalue weighted by Gasteiger charge is 2.57. The van der Waals surface area contributed by atoms with E-state index in [9.17, 15) is 14.9 Å². The van der Waals surface area contributed by atoms with E-state index in [1.54, 1.807) is 18.5 Å². The number of rotatable bonds is 3. The Morgan fingerprint density at radius 1 is 1.17 bits per heavy atom. The summed E-state index contributed by atoms with van der Waals surface area (Å²) >= 11 is 0. The van der Waals surface area contributed by atoms with Crippen LogP contribution in [0.5, 0.6) is 0 Å². The van der Waals surface area contributed by atoms with Crippen LogP contribution in [0.2, 0.25) is 0 Å². The first-order valence-corrected chi connectivity index (χ1v) is 12.4. The van der Waals surface area contributed by atoms with Crippen LogP contribution in [0, 0.1) is 16.7 Å². The zero-order chi connectivity index (χ0) is 25.7. The Morgan fingerprint density at radius 3 is 2.56 bits per heavy atom. The van der Waals surface area contributed by atoms with E-state index in [4.69, 9.17) is 9.47 Å². The van der Waals surface area contributed by atoms with E-state index in [1.807, 2.05) is 38.7 Å². The van der Waals surface area contributed by atoms with Crippen molar-refractivity contribution < 1.29 is 19.1 Å². The average Bonchev–Trinajstić information content (AvgIpc) is 3.52. The minimum absolute atomic E-state index is 0.0738. The quantitative estimate of drug-likeness (QED) is 0.694. The van der Waals surface area contributed by atoms with E-state index in [-0.39, 0.29) is 23.5 Å². The van der Waals surface area contributed by atoms with Crippen molar-refractivity contribution >= 4 is 28.7 Å². The highest BCUT2D eigenvalue weighted by atomic mass is 16.6. The molecule has 3 aliphatic rings. The van der Waals surface area contributed by atoms with Gasteiger partial charge in [-0.3, -0.25) is 14.8 Å². The summed E-state index contributed by atoms with van der Waals surface area (Å²) in [6.45, 7) is 9.45. The number of ether oxygens (including phenoxy) is 2. The minimum Gasteiger partial charge on any atom is -0.444 e.